The smallest absolute Gasteiger partial charge is 0.342 e. The minimum atomic E-state index is -0.625. The lowest BCUT2D eigenvalue weighted by atomic mass is 10.2. The molecule has 9 heteroatoms. The average Bonchev–Trinajstić information content (AvgIpc) is 2.83. The van der Waals surface area contributed by atoms with Crippen molar-refractivity contribution in [1.82, 2.24) is 4.98 Å². The number of carbonyl (C=O) groups is 3. The number of benzene rings is 1. The quantitative estimate of drug-likeness (QED) is 0.468. The second kappa shape index (κ2) is 11.8. The van der Waals surface area contributed by atoms with Gasteiger partial charge in [-0.25, -0.2) is 14.6 Å². The van der Waals surface area contributed by atoms with E-state index in [9.17, 15) is 14.4 Å². The number of pyridine rings is 1. The van der Waals surface area contributed by atoms with Gasteiger partial charge in [0.2, 0.25) is 0 Å². The van der Waals surface area contributed by atoms with E-state index in [1.54, 1.807) is 42.6 Å². The van der Waals surface area contributed by atoms with Crippen molar-refractivity contribution in [3.05, 3.63) is 53.7 Å². The van der Waals surface area contributed by atoms with E-state index in [4.69, 9.17) is 14.2 Å². The molecular formula is C23H27N3O6. The van der Waals surface area contributed by atoms with Gasteiger partial charge in [0.05, 0.1) is 25.4 Å². The molecule has 2 aromatic rings. The molecule has 2 heterocycles. The fourth-order valence-corrected chi connectivity index (χ4v) is 3.07. The Morgan fingerprint density at radius 1 is 1.06 bits per heavy atom. The number of aromatic nitrogens is 1. The summed E-state index contributed by atoms with van der Waals surface area (Å²) in [6, 6.07) is 9.59. The number of nitrogens with zero attached hydrogens (tertiary/aromatic N) is 2. The van der Waals surface area contributed by atoms with Gasteiger partial charge in [-0.1, -0.05) is 13.3 Å². The van der Waals surface area contributed by atoms with Gasteiger partial charge in [0.25, 0.3) is 5.91 Å². The molecule has 32 heavy (non-hydrogen) atoms. The molecule has 0 radical (unpaired) electrons. The number of carbonyl (C=O) groups excluding carboxylic acids is 3. The normalized spacial score (nSPS) is 13.3. The molecule has 1 aliphatic rings. The fourth-order valence-electron chi connectivity index (χ4n) is 3.07. The van der Waals surface area contributed by atoms with Crippen molar-refractivity contribution in [1.29, 1.82) is 0 Å². The van der Waals surface area contributed by atoms with E-state index < -0.39 is 24.5 Å². The van der Waals surface area contributed by atoms with Gasteiger partial charge in [0.15, 0.2) is 6.61 Å². The maximum atomic E-state index is 12.5. The third kappa shape index (κ3) is 6.52. The van der Waals surface area contributed by atoms with Crippen LogP contribution in [0.4, 0.5) is 11.5 Å². The molecular weight excluding hydrogens is 414 g/mol. The SMILES string of the molecule is CCCCOC(=O)c1ccc(NC(=O)COC(=O)c2cccnc2N2CCOCC2)cc1. The zero-order chi connectivity index (χ0) is 22.8. The molecule has 0 aliphatic carbocycles. The highest BCUT2D eigenvalue weighted by atomic mass is 16.5. The van der Waals surface area contributed by atoms with Gasteiger partial charge in [-0.3, -0.25) is 4.79 Å². The first-order valence-corrected chi connectivity index (χ1v) is 10.6. The molecule has 0 saturated carbocycles. The Balaban J connectivity index is 1.51. The van der Waals surface area contributed by atoms with Gasteiger partial charge in [-0.05, 0) is 42.8 Å². The number of amides is 1. The molecule has 0 spiro atoms. The molecule has 170 valence electrons. The largest absolute Gasteiger partial charge is 0.462 e. The van der Waals surface area contributed by atoms with Crippen molar-refractivity contribution in [3.8, 4) is 0 Å². The first-order valence-electron chi connectivity index (χ1n) is 10.6. The van der Waals surface area contributed by atoms with Gasteiger partial charge in [0, 0.05) is 25.0 Å². The van der Waals surface area contributed by atoms with Crippen LogP contribution in [0.2, 0.25) is 0 Å². The standard InChI is InChI=1S/C23H27N3O6/c1-2-3-13-31-22(28)17-6-8-18(9-7-17)25-20(27)16-32-23(29)19-5-4-10-24-21(19)26-11-14-30-15-12-26/h4-10H,2-3,11-16H2,1H3,(H,25,27). The summed E-state index contributed by atoms with van der Waals surface area (Å²) in [6.07, 6.45) is 3.36. The molecule has 3 rings (SSSR count). The predicted molar refractivity (Wildman–Crippen MR) is 118 cm³/mol. The molecule has 1 amide bonds. The van der Waals surface area contributed by atoms with Crippen LogP contribution in [0.15, 0.2) is 42.6 Å². The van der Waals surface area contributed by atoms with E-state index >= 15 is 0 Å². The maximum absolute atomic E-state index is 12.5. The summed E-state index contributed by atoms with van der Waals surface area (Å²) in [4.78, 5) is 42.9. The first kappa shape index (κ1) is 23.2. The number of anilines is 2. The zero-order valence-electron chi connectivity index (χ0n) is 18.0. The number of hydrogen-bond donors (Lipinski definition) is 1. The Hall–Kier alpha value is -3.46. The lowest BCUT2D eigenvalue weighted by Crippen LogP contribution is -2.37. The zero-order valence-corrected chi connectivity index (χ0v) is 18.0. The summed E-state index contributed by atoms with van der Waals surface area (Å²) in [6.45, 7) is 4.31. The molecule has 1 fully saturated rings. The van der Waals surface area contributed by atoms with Crippen molar-refractivity contribution in [3.63, 3.8) is 0 Å². The Kier molecular flexibility index (Phi) is 8.56. The predicted octanol–water partition coefficient (Wildman–Crippen LogP) is 2.67. The highest BCUT2D eigenvalue weighted by Crippen LogP contribution is 2.19. The lowest BCUT2D eigenvalue weighted by Gasteiger charge is -2.28. The number of rotatable bonds is 9. The first-order chi connectivity index (χ1) is 15.6. The minimum absolute atomic E-state index is 0.299. The van der Waals surface area contributed by atoms with Gasteiger partial charge < -0.3 is 24.4 Å². The van der Waals surface area contributed by atoms with Crippen molar-refractivity contribution in [2.75, 3.05) is 49.7 Å². The second-order valence-corrected chi connectivity index (χ2v) is 7.17. The van der Waals surface area contributed by atoms with Gasteiger partial charge >= 0.3 is 11.9 Å². The highest BCUT2D eigenvalue weighted by molar-refractivity contribution is 5.98. The number of hydrogen-bond acceptors (Lipinski definition) is 8. The van der Waals surface area contributed by atoms with Crippen LogP contribution < -0.4 is 10.2 Å². The van der Waals surface area contributed by atoms with E-state index in [0.717, 1.165) is 12.8 Å². The minimum Gasteiger partial charge on any atom is -0.462 e. The van der Waals surface area contributed by atoms with Crippen LogP contribution >= 0.6 is 0 Å². The van der Waals surface area contributed by atoms with Gasteiger partial charge in [0.1, 0.15) is 11.4 Å². The summed E-state index contributed by atoms with van der Waals surface area (Å²) < 4.78 is 15.7. The van der Waals surface area contributed by atoms with E-state index in [1.807, 2.05) is 11.8 Å². The maximum Gasteiger partial charge on any atom is 0.342 e. The number of ether oxygens (including phenoxy) is 3. The lowest BCUT2D eigenvalue weighted by molar-refractivity contribution is -0.119. The number of nitrogens with one attached hydrogen (secondary N) is 1. The highest BCUT2D eigenvalue weighted by Gasteiger charge is 2.21. The van der Waals surface area contributed by atoms with Crippen molar-refractivity contribution >= 4 is 29.4 Å². The molecule has 9 nitrogen and oxygen atoms in total. The van der Waals surface area contributed by atoms with E-state index in [2.05, 4.69) is 10.3 Å². The number of esters is 2. The number of morpholine rings is 1. The van der Waals surface area contributed by atoms with Gasteiger partial charge in [-0.2, -0.15) is 0 Å². The third-order valence-electron chi connectivity index (χ3n) is 4.79. The molecule has 0 bridgehead atoms. The summed E-state index contributed by atoms with van der Waals surface area (Å²) >= 11 is 0. The van der Waals surface area contributed by atoms with Crippen LogP contribution in [-0.2, 0) is 19.0 Å². The molecule has 0 atom stereocenters. The number of unbranched alkanes of at least 4 members (excludes halogenated alkanes) is 1. The van der Waals surface area contributed by atoms with Crippen molar-refractivity contribution in [2.45, 2.75) is 19.8 Å². The molecule has 1 aliphatic heterocycles. The van der Waals surface area contributed by atoms with Gasteiger partial charge in [-0.15, -0.1) is 0 Å². The third-order valence-corrected chi connectivity index (χ3v) is 4.79. The Labute approximate surface area is 186 Å². The molecule has 1 N–H and O–H groups in total. The summed E-state index contributed by atoms with van der Waals surface area (Å²) in [5.41, 5.74) is 1.18. The molecule has 0 unspecified atom stereocenters. The summed E-state index contributed by atoms with van der Waals surface area (Å²) in [5.74, 6) is -1.01. The molecule has 1 aromatic carbocycles. The average molecular weight is 441 g/mol. The van der Waals surface area contributed by atoms with E-state index in [0.29, 0.717) is 55.5 Å². The topological polar surface area (TPSA) is 107 Å². The van der Waals surface area contributed by atoms with E-state index in [1.165, 1.54) is 0 Å². The molecule has 1 aromatic heterocycles. The Bertz CT molecular complexity index is 926. The van der Waals surface area contributed by atoms with Crippen LogP contribution in [0.25, 0.3) is 0 Å². The summed E-state index contributed by atoms with van der Waals surface area (Å²) in [5, 5.41) is 2.63. The monoisotopic (exact) mass is 441 g/mol. The Morgan fingerprint density at radius 2 is 1.81 bits per heavy atom. The van der Waals surface area contributed by atoms with Crippen LogP contribution in [0, 0.1) is 0 Å². The molecule has 1 saturated heterocycles. The van der Waals surface area contributed by atoms with Crippen molar-refractivity contribution in [2.24, 2.45) is 0 Å². The van der Waals surface area contributed by atoms with Crippen LogP contribution in [0.1, 0.15) is 40.5 Å². The fraction of sp³-hybridized carbons (Fsp3) is 0.391. The van der Waals surface area contributed by atoms with Crippen molar-refractivity contribution < 1.29 is 28.6 Å². The van der Waals surface area contributed by atoms with Crippen LogP contribution in [0.5, 0.6) is 0 Å². The van der Waals surface area contributed by atoms with E-state index in [-0.39, 0.29) is 0 Å². The summed E-state index contributed by atoms with van der Waals surface area (Å²) in [7, 11) is 0. The second-order valence-electron chi connectivity index (χ2n) is 7.17. The van der Waals surface area contributed by atoms with Crippen LogP contribution in [-0.4, -0.2) is 62.3 Å². The van der Waals surface area contributed by atoms with Crippen LogP contribution in [0.3, 0.4) is 0 Å². The Morgan fingerprint density at radius 3 is 2.53 bits per heavy atom.